The molecule has 0 aromatic rings. The number of carbonyl (C=O) groups is 1. The van der Waals surface area contributed by atoms with Gasteiger partial charge in [-0.25, -0.2) is 0 Å². The van der Waals surface area contributed by atoms with E-state index in [1.54, 1.807) is 0 Å². The van der Waals surface area contributed by atoms with Crippen molar-refractivity contribution in [3.8, 4) is 0 Å². The predicted molar refractivity (Wildman–Crippen MR) is 45.9 cm³/mol. The summed E-state index contributed by atoms with van der Waals surface area (Å²) < 4.78 is 5.09. The summed E-state index contributed by atoms with van der Waals surface area (Å²) in [5.74, 6) is 0. The number of rotatable bonds is 3. The zero-order valence-corrected chi connectivity index (χ0v) is 7.86. The van der Waals surface area contributed by atoms with E-state index in [9.17, 15) is 4.79 Å². The minimum atomic E-state index is -0.308. The van der Waals surface area contributed by atoms with Crippen molar-refractivity contribution in [1.29, 1.82) is 0 Å². The minimum Gasteiger partial charge on any atom is -0.442 e. The van der Waals surface area contributed by atoms with E-state index in [0.29, 0.717) is 6.47 Å². The highest BCUT2D eigenvalue weighted by Gasteiger charge is 2.38. The van der Waals surface area contributed by atoms with E-state index in [-0.39, 0.29) is 13.4 Å². The van der Waals surface area contributed by atoms with Crippen molar-refractivity contribution in [3.05, 3.63) is 0 Å². The molecule has 1 aliphatic heterocycles. The van der Waals surface area contributed by atoms with Crippen molar-refractivity contribution in [3.63, 3.8) is 0 Å². The van der Waals surface area contributed by atoms with Crippen molar-refractivity contribution in [1.82, 2.24) is 5.32 Å². The molecule has 1 rings (SSSR count). The van der Waals surface area contributed by atoms with Crippen molar-refractivity contribution in [2.24, 2.45) is 0 Å². The largest absolute Gasteiger partial charge is 0.442 e. The lowest BCUT2D eigenvalue weighted by atomic mass is 10.3. The average Bonchev–Trinajstić information content (AvgIpc) is 2.38. The third kappa shape index (κ3) is 1.71. The summed E-state index contributed by atoms with van der Waals surface area (Å²) in [5, 5.41) is 3.25. The number of carbonyl (C=O) groups excluding carboxylic acids is 1. The van der Waals surface area contributed by atoms with Gasteiger partial charge in [0.15, 0.2) is 5.47 Å². The first-order valence-corrected chi connectivity index (χ1v) is 5.99. The third-order valence-electron chi connectivity index (χ3n) is 2.06. The Kier molecular flexibility index (Phi) is 2.85. The second kappa shape index (κ2) is 3.51. The molecular formula is C7H14NO2P. The Morgan fingerprint density at radius 1 is 1.64 bits per heavy atom. The predicted octanol–water partition coefficient (Wildman–Crippen LogP) is 0.938. The van der Waals surface area contributed by atoms with Crippen LogP contribution in [0.15, 0.2) is 0 Å². The first-order valence-electron chi connectivity index (χ1n) is 3.75. The van der Waals surface area contributed by atoms with Gasteiger partial charge in [-0.2, -0.15) is 0 Å². The number of ether oxygens (including phenoxy) is 1. The molecular weight excluding hydrogens is 161 g/mol. The van der Waals surface area contributed by atoms with Crippen LogP contribution in [0.5, 0.6) is 0 Å². The van der Waals surface area contributed by atoms with Gasteiger partial charge in [-0.3, -0.25) is 10.1 Å². The molecule has 64 valence electrons. The van der Waals surface area contributed by atoms with E-state index < -0.39 is 0 Å². The topological polar surface area (TPSA) is 38.3 Å². The Bertz CT molecular complexity index is 143. The summed E-state index contributed by atoms with van der Waals surface area (Å²) in [4.78, 5) is 10.2. The molecule has 11 heavy (non-hydrogen) atoms. The van der Waals surface area contributed by atoms with Crippen molar-refractivity contribution in [2.75, 3.05) is 19.9 Å². The quantitative estimate of drug-likeness (QED) is 0.512. The van der Waals surface area contributed by atoms with Crippen LogP contribution >= 0.6 is 7.92 Å². The molecule has 0 radical (unpaired) electrons. The first kappa shape index (κ1) is 8.95. The van der Waals surface area contributed by atoms with Gasteiger partial charge in [0.05, 0.1) is 0 Å². The molecule has 1 saturated heterocycles. The SMILES string of the molecule is CP(C)[C@@]1(OC=O)CCCN1. The summed E-state index contributed by atoms with van der Waals surface area (Å²) in [6, 6.07) is 0. The highest BCUT2D eigenvalue weighted by atomic mass is 31.1. The van der Waals surface area contributed by atoms with Gasteiger partial charge in [-0.05, 0) is 34.2 Å². The summed E-state index contributed by atoms with van der Waals surface area (Å²) in [7, 11) is -0.256. The molecule has 0 bridgehead atoms. The lowest BCUT2D eigenvalue weighted by Crippen LogP contribution is -2.39. The monoisotopic (exact) mass is 175 g/mol. The van der Waals surface area contributed by atoms with E-state index in [0.717, 1.165) is 19.4 Å². The van der Waals surface area contributed by atoms with E-state index in [1.165, 1.54) is 0 Å². The standard InChI is InChI=1S/C7H14NO2P/c1-11(2)7(10-6-9)4-3-5-8-7/h6,8H,3-5H2,1-2H3/t7-/m0/s1. The normalized spacial score (nSPS) is 30.8. The van der Waals surface area contributed by atoms with Gasteiger partial charge in [0.1, 0.15) is 0 Å². The second-order valence-corrected chi connectivity index (χ2v) is 5.43. The molecule has 0 saturated carbocycles. The van der Waals surface area contributed by atoms with Gasteiger partial charge in [0, 0.05) is 6.42 Å². The van der Waals surface area contributed by atoms with Gasteiger partial charge in [0.2, 0.25) is 0 Å². The van der Waals surface area contributed by atoms with Crippen LogP contribution in [0.4, 0.5) is 0 Å². The Labute approximate surface area is 68.2 Å². The fourth-order valence-corrected chi connectivity index (χ4v) is 2.65. The fourth-order valence-electron chi connectivity index (χ4n) is 1.37. The third-order valence-corrected chi connectivity index (χ3v) is 3.99. The summed E-state index contributed by atoms with van der Waals surface area (Å²) in [6.07, 6.45) is 2.07. The maximum absolute atomic E-state index is 10.2. The summed E-state index contributed by atoms with van der Waals surface area (Å²) in [6.45, 7) is 5.77. The molecule has 4 heteroatoms. The molecule has 0 aliphatic carbocycles. The maximum atomic E-state index is 10.2. The zero-order valence-electron chi connectivity index (χ0n) is 6.96. The van der Waals surface area contributed by atoms with Crippen LogP contribution in [0.1, 0.15) is 12.8 Å². The Hall–Kier alpha value is -0.140. The van der Waals surface area contributed by atoms with Crippen LogP contribution in [0.25, 0.3) is 0 Å². The van der Waals surface area contributed by atoms with Gasteiger partial charge in [-0.1, -0.05) is 0 Å². The Morgan fingerprint density at radius 2 is 2.36 bits per heavy atom. The zero-order chi connectivity index (χ0) is 8.32. The fraction of sp³-hybridized carbons (Fsp3) is 0.857. The van der Waals surface area contributed by atoms with E-state index in [4.69, 9.17) is 4.74 Å². The van der Waals surface area contributed by atoms with E-state index in [2.05, 4.69) is 18.6 Å². The molecule has 0 aromatic carbocycles. The Morgan fingerprint density at radius 3 is 2.73 bits per heavy atom. The Balaban J connectivity index is 2.61. The molecule has 1 atom stereocenters. The van der Waals surface area contributed by atoms with E-state index >= 15 is 0 Å². The van der Waals surface area contributed by atoms with Crippen LogP contribution < -0.4 is 5.32 Å². The summed E-state index contributed by atoms with van der Waals surface area (Å²) in [5.41, 5.74) is -0.308. The lowest BCUT2D eigenvalue weighted by molar-refractivity contribution is -0.137. The molecule has 0 unspecified atom stereocenters. The van der Waals surface area contributed by atoms with Crippen molar-refractivity contribution in [2.45, 2.75) is 18.3 Å². The van der Waals surface area contributed by atoms with Crippen LogP contribution in [0.3, 0.4) is 0 Å². The molecule has 0 spiro atoms. The van der Waals surface area contributed by atoms with Crippen LogP contribution in [0.2, 0.25) is 0 Å². The van der Waals surface area contributed by atoms with Crippen molar-refractivity contribution < 1.29 is 9.53 Å². The minimum absolute atomic E-state index is 0.256. The van der Waals surface area contributed by atoms with Gasteiger partial charge in [0.25, 0.3) is 6.47 Å². The number of nitrogens with one attached hydrogen (secondary N) is 1. The molecule has 0 aromatic heterocycles. The molecule has 0 amide bonds. The molecule has 1 aliphatic rings. The molecule has 1 fully saturated rings. The summed E-state index contributed by atoms with van der Waals surface area (Å²) >= 11 is 0. The smallest absolute Gasteiger partial charge is 0.295 e. The van der Waals surface area contributed by atoms with Crippen LogP contribution in [-0.4, -0.2) is 31.8 Å². The van der Waals surface area contributed by atoms with Crippen LogP contribution in [0, 0.1) is 0 Å². The van der Waals surface area contributed by atoms with Gasteiger partial charge < -0.3 is 4.74 Å². The maximum Gasteiger partial charge on any atom is 0.295 e. The molecule has 3 nitrogen and oxygen atoms in total. The highest BCUT2D eigenvalue weighted by molar-refractivity contribution is 7.57. The second-order valence-electron chi connectivity index (χ2n) is 2.92. The first-order chi connectivity index (χ1) is 5.21. The molecule has 1 N–H and O–H groups in total. The number of hydrogen-bond donors (Lipinski definition) is 1. The molecule has 1 heterocycles. The van der Waals surface area contributed by atoms with Crippen molar-refractivity contribution >= 4 is 14.4 Å². The highest BCUT2D eigenvalue weighted by Crippen LogP contribution is 2.46. The van der Waals surface area contributed by atoms with Crippen LogP contribution in [-0.2, 0) is 9.53 Å². The van der Waals surface area contributed by atoms with E-state index in [1.807, 2.05) is 0 Å². The number of hydrogen-bond acceptors (Lipinski definition) is 3. The lowest BCUT2D eigenvalue weighted by Gasteiger charge is -2.31. The van der Waals surface area contributed by atoms with Gasteiger partial charge in [-0.15, -0.1) is 0 Å². The van der Waals surface area contributed by atoms with Gasteiger partial charge >= 0.3 is 0 Å². The average molecular weight is 175 g/mol.